The molecule has 28 heavy (non-hydrogen) atoms. The van der Waals surface area contributed by atoms with Gasteiger partial charge in [-0.05, 0) is 29.8 Å². The maximum atomic E-state index is 12.2. The highest BCUT2D eigenvalue weighted by Crippen LogP contribution is 2.22. The summed E-state index contributed by atoms with van der Waals surface area (Å²) in [6.45, 7) is 4.83. The fourth-order valence-corrected chi connectivity index (χ4v) is 4.18. The summed E-state index contributed by atoms with van der Waals surface area (Å²) in [5, 5.41) is 9.99. The molecule has 1 aromatic carbocycles. The van der Waals surface area contributed by atoms with Gasteiger partial charge in [0, 0.05) is 41.9 Å². The van der Waals surface area contributed by atoms with Crippen molar-refractivity contribution in [1.29, 1.82) is 0 Å². The van der Waals surface area contributed by atoms with E-state index in [1.807, 2.05) is 42.5 Å². The number of carbonyl (C=O) groups is 1. The fraction of sp³-hybridized carbons (Fsp3) is 0.286. The van der Waals surface area contributed by atoms with E-state index < -0.39 is 0 Å². The molecule has 0 bridgehead atoms. The molecule has 5 nitrogen and oxygen atoms in total. The number of thiazole rings is 1. The number of hydrogen-bond acceptors (Lipinski definition) is 5. The second-order valence-electron chi connectivity index (χ2n) is 6.62. The Morgan fingerprint density at radius 1 is 1.21 bits per heavy atom. The summed E-state index contributed by atoms with van der Waals surface area (Å²) in [7, 11) is 0. The lowest BCUT2D eigenvalue weighted by Crippen LogP contribution is -2.30. The quantitative estimate of drug-likeness (QED) is 0.492. The van der Waals surface area contributed by atoms with E-state index in [1.54, 1.807) is 29.3 Å². The van der Waals surface area contributed by atoms with Crippen molar-refractivity contribution in [3.63, 3.8) is 0 Å². The number of pyridine rings is 1. The first-order valence-corrected chi connectivity index (χ1v) is 11.1. The van der Waals surface area contributed by atoms with E-state index >= 15 is 0 Å². The maximum absolute atomic E-state index is 12.2. The molecule has 0 aliphatic heterocycles. The molecule has 3 aromatic rings. The first kappa shape index (κ1) is 20.4. The fourth-order valence-electron chi connectivity index (χ4n) is 2.51. The lowest BCUT2D eigenvalue weighted by atomic mass is 10.2. The number of rotatable bonds is 8. The second kappa shape index (κ2) is 10.2. The molecule has 0 aliphatic carbocycles. The van der Waals surface area contributed by atoms with Crippen molar-refractivity contribution < 1.29 is 4.79 Å². The predicted molar refractivity (Wildman–Crippen MR) is 117 cm³/mol. The van der Waals surface area contributed by atoms with Gasteiger partial charge in [-0.15, -0.1) is 23.1 Å². The summed E-state index contributed by atoms with van der Waals surface area (Å²) >= 11 is 3.35. The molecule has 0 saturated carbocycles. The Bertz CT molecular complexity index is 896. The van der Waals surface area contributed by atoms with Gasteiger partial charge in [0.1, 0.15) is 0 Å². The van der Waals surface area contributed by atoms with Crippen LogP contribution in [0, 0.1) is 0 Å². The first-order valence-electron chi connectivity index (χ1n) is 9.22. The number of anilines is 1. The topological polar surface area (TPSA) is 66.9 Å². The molecule has 0 saturated heterocycles. The normalized spacial score (nSPS) is 10.8. The van der Waals surface area contributed by atoms with Crippen LogP contribution >= 0.6 is 23.1 Å². The highest BCUT2D eigenvalue weighted by molar-refractivity contribution is 7.98. The van der Waals surface area contributed by atoms with E-state index in [1.165, 1.54) is 0 Å². The summed E-state index contributed by atoms with van der Waals surface area (Å²) in [4.78, 5) is 21.1. The van der Waals surface area contributed by atoms with Crippen LogP contribution in [0.25, 0.3) is 0 Å². The van der Waals surface area contributed by atoms with E-state index in [-0.39, 0.29) is 6.03 Å². The summed E-state index contributed by atoms with van der Waals surface area (Å²) in [5.74, 6) is 1.24. The lowest BCUT2D eigenvalue weighted by Gasteiger charge is -2.09. The Labute approximate surface area is 174 Å². The first-order chi connectivity index (χ1) is 13.6. The molecule has 2 aromatic heterocycles. The molecule has 2 heterocycles. The average molecular weight is 413 g/mol. The number of thioether (sulfide) groups is 1. The summed E-state index contributed by atoms with van der Waals surface area (Å²) in [6, 6.07) is 13.6. The van der Waals surface area contributed by atoms with Gasteiger partial charge in [0.25, 0.3) is 0 Å². The number of urea groups is 1. The van der Waals surface area contributed by atoms with Crippen LogP contribution in [0.1, 0.15) is 36.0 Å². The number of nitrogens with one attached hydrogen (secondary N) is 2. The average Bonchev–Trinajstić information content (AvgIpc) is 3.17. The Morgan fingerprint density at radius 2 is 2.11 bits per heavy atom. The van der Waals surface area contributed by atoms with Crippen LogP contribution in [0.3, 0.4) is 0 Å². The highest BCUT2D eigenvalue weighted by Gasteiger charge is 2.07. The molecule has 7 heteroatoms. The van der Waals surface area contributed by atoms with E-state index in [9.17, 15) is 4.79 Å². The van der Waals surface area contributed by atoms with Crippen LogP contribution in [0.2, 0.25) is 0 Å². The molecular weight excluding hydrogens is 388 g/mol. The number of carbonyl (C=O) groups excluding carboxylic acids is 1. The van der Waals surface area contributed by atoms with Gasteiger partial charge in [-0.3, -0.25) is 0 Å². The monoisotopic (exact) mass is 412 g/mol. The minimum Gasteiger partial charge on any atom is -0.337 e. The molecule has 0 spiro atoms. The van der Waals surface area contributed by atoms with Crippen LogP contribution in [0.4, 0.5) is 10.5 Å². The van der Waals surface area contributed by atoms with E-state index in [4.69, 9.17) is 0 Å². The number of amides is 2. The molecule has 0 atom stereocenters. The van der Waals surface area contributed by atoms with Crippen LogP contribution in [-0.4, -0.2) is 22.5 Å². The zero-order valence-electron chi connectivity index (χ0n) is 16.0. The van der Waals surface area contributed by atoms with Crippen LogP contribution in [0.15, 0.2) is 59.1 Å². The molecule has 2 amide bonds. The van der Waals surface area contributed by atoms with Gasteiger partial charge >= 0.3 is 6.03 Å². The van der Waals surface area contributed by atoms with Gasteiger partial charge in [0.2, 0.25) is 0 Å². The minimum atomic E-state index is -0.200. The Morgan fingerprint density at radius 3 is 2.86 bits per heavy atom. The largest absolute Gasteiger partial charge is 0.337 e. The molecule has 0 unspecified atom stereocenters. The second-order valence-corrected chi connectivity index (χ2v) is 8.51. The maximum Gasteiger partial charge on any atom is 0.319 e. The van der Waals surface area contributed by atoms with Crippen molar-refractivity contribution in [2.75, 3.05) is 11.9 Å². The van der Waals surface area contributed by atoms with Crippen LogP contribution < -0.4 is 10.6 Å². The molecular formula is C21H24N4OS2. The number of hydrogen-bond donors (Lipinski definition) is 2. The van der Waals surface area contributed by atoms with Crippen molar-refractivity contribution in [2.45, 2.75) is 37.0 Å². The standard InChI is InChI=1S/C21H24N4OS2/c1-15(2)20-24-18(14-28-20)9-11-23-21(26)25-17-7-5-6-16(12-17)13-27-19-8-3-4-10-22-19/h3-8,10,12,14-15H,9,11,13H2,1-2H3,(H2,23,25,26). The predicted octanol–water partition coefficient (Wildman–Crippen LogP) is 5.32. The smallest absolute Gasteiger partial charge is 0.319 e. The molecule has 0 aliphatic rings. The van der Waals surface area contributed by atoms with Gasteiger partial charge in [-0.1, -0.05) is 32.0 Å². The van der Waals surface area contributed by atoms with Crippen LogP contribution in [0.5, 0.6) is 0 Å². The molecule has 0 radical (unpaired) electrons. The number of benzene rings is 1. The third-order valence-electron chi connectivity index (χ3n) is 3.94. The summed E-state index contributed by atoms with van der Waals surface area (Å²) in [6.07, 6.45) is 2.53. The van der Waals surface area contributed by atoms with Crippen molar-refractivity contribution in [1.82, 2.24) is 15.3 Å². The van der Waals surface area contributed by atoms with Crippen LogP contribution in [-0.2, 0) is 12.2 Å². The highest BCUT2D eigenvalue weighted by atomic mass is 32.2. The van der Waals surface area contributed by atoms with Gasteiger partial charge in [-0.2, -0.15) is 0 Å². The zero-order valence-corrected chi connectivity index (χ0v) is 17.6. The molecule has 146 valence electrons. The van der Waals surface area contributed by atoms with Crippen molar-refractivity contribution in [3.8, 4) is 0 Å². The SMILES string of the molecule is CC(C)c1nc(CCNC(=O)Nc2cccc(CSc3ccccn3)c2)cs1. The Balaban J connectivity index is 1.44. The van der Waals surface area contributed by atoms with E-state index in [0.29, 0.717) is 12.5 Å². The number of aromatic nitrogens is 2. The van der Waals surface area contributed by atoms with Crippen molar-refractivity contribution >= 4 is 34.8 Å². The Kier molecular flexibility index (Phi) is 7.45. The van der Waals surface area contributed by atoms with Gasteiger partial charge in [0.15, 0.2) is 0 Å². The molecule has 3 rings (SSSR count). The van der Waals surface area contributed by atoms with E-state index in [0.717, 1.165) is 39.2 Å². The summed E-state index contributed by atoms with van der Waals surface area (Å²) in [5.41, 5.74) is 2.95. The van der Waals surface area contributed by atoms with Crippen molar-refractivity contribution in [2.24, 2.45) is 0 Å². The molecule has 0 fully saturated rings. The van der Waals surface area contributed by atoms with E-state index in [2.05, 4.69) is 39.8 Å². The third kappa shape index (κ3) is 6.35. The van der Waals surface area contributed by atoms with Gasteiger partial charge in [0.05, 0.1) is 15.7 Å². The Hall–Kier alpha value is -2.38. The van der Waals surface area contributed by atoms with Crippen molar-refractivity contribution in [3.05, 3.63) is 70.3 Å². The lowest BCUT2D eigenvalue weighted by molar-refractivity contribution is 0.252. The summed E-state index contributed by atoms with van der Waals surface area (Å²) < 4.78 is 0. The van der Waals surface area contributed by atoms with Gasteiger partial charge < -0.3 is 10.6 Å². The minimum absolute atomic E-state index is 0.200. The number of nitrogens with zero attached hydrogens (tertiary/aromatic N) is 2. The molecule has 2 N–H and O–H groups in total. The third-order valence-corrected chi connectivity index (χ3v) is 6.15. The van der Waals surface area contributed by atoms with Gasteiger partial charge in [-0.25, -0.2) is 14.8 Å². The zero-order chi connectivity index (χ0) is 19.8.